The van der Waals surface area contributed by atoms with Crippen molar-refractivity contribution in [2.24, 2.45) is 0 Å². The number of aromatic amines is 1. The molecule has 1 N–H and O–H groups in total. The Bertz CT molecular complexity index is 1170. The largest absolute Gasteiger partial charge is 0.347 e. The van der Waals surface area contributed by atoms with Crippen molar-refractivity contribution in [2.75, 3.05) is 32.1 Å². The van der Waals surface area contributed by atoms with Crippen molar-refractivity contribution in [3.8, 4) is 0 Å². The Morgan fingerprint density at radius 3 is 2.81 bits per heavy atom. The molecule has 1 aliphatic rings. The van der Waals surface area contributed by atoms with E-state index in [4.69, 9.17) is 0 Å². The molecule has 1 unspecified atom stereocenters. The van der Waals surface area contributed by atoms with Gasteiger partial charge in [-0.05, 0) is 32.8 Å². The fourth-order valence-corrected chi connectivity index (χ4v) is 4.08. The highest BCUT2D eigenvalue weighted by atomic mass is 16.2. The molecule has 3 aromatic heterocycles. The minimum atomic E-state index is -0.196. The van der Waals surface area contributed by atoms with Gasteiger partial charge in [0.2, 0.25) is 11.9 Å². The number of carbonyl (C=O) groups excluding carboxylic acids is 1. The first-order valence-corrected chi connectivity index (χ1v) is 10.5. The number of carbonyl (C=O) groups is 1. The SMILES string of the molecule is Cc1nc(C)n(CCC(=O)N2CCCC(c3cc4nc(N(C)C)ncc4c(=O)[nH]3)C2)n1. The zero-order chi connectivity index (χ0) is 22.1. The van der Waals surface area contributed by atoms with Gasteiger partial charge in [-0.2, -0.15) is 5.10 Å². The second-order valence-corrected chi connectivity index (χ2v) is 8.28. The number of hydrogen-bond donors (Lipinski definition) is 1. The summed E-state index contributed by atoms with van der Waals surface area (Å²) >= 11 is 0. The van der Waals surface area contributed by atoms with Crippen molar-refractivity contribution in [1.29, 1.82) is 0 Å². The van der Waals surface area contributed by atoms with Crippen LogP contribution in [0.15, 0.2) is 17.1 Å². The van der Waals surface area contributed by atoms with Gasteiger partial charge in [-0.25, -0.2) is 19.6 Å². The summed E-state index contributed by atoms with van der Waals surface area (Å²) in [5, 5.41) is 4.80. The van der Waals surface area contributed by atoms with Crippen LogP contribution in [0.2, 0.25) is 0 Å². The molecule has 0 spiro atoms. The lowest BCUT2D eigenvalue weighted by atomic mass is 9.93. The number of piperidine rings is 1. The first-order valence-electron chi connectivity index (χ1n) is 10.5. The van der Waals surface area contributed by atoms with E-state index in [1.165, 1.54) is 0 Å². The van der Waals surface area contributed by atoms with Crippen molar-refractivity contribution in [3.63, 3.8) is 0 Å². The van der Waals surface area contributed by atoms with Crippen LogP contribution in [0.5, 0.6) is 0 Å². The third-order valence-corrected chi connectivity index (χ3v) is 5.71. The molecule has 0 radical (unpaired) electrons. The Morgan fingerprint density at radius 2 is 2.10 bits per heavy atom. The van der Waals surface area contributed by atoms with Crippen LogP contribution in [0, 0.1) is 13.8 Å². The van der Waals surface area contributed by atoms with Gasteiger partial charge >= 0.3 is 0 Å². The molecule has 4 heterocycles. The molecule has 0 saturated carbocycles. The second-order valence-electron chi connectivity index (χ2n) is 8.28. The number of anilines is 1. The second kappa shape index (κ2) is 8.44. The van der Waals surface area contributed by atoms with Crippen LogP contribution in [0.1, 0.15) is 42.5 Å². The van der Waals surface area contributed by atoms with Crippen molar-refractivity contribution >= 4 is 22.8 Å². The molecule has 10 heteroatoms. The van der Waals surface area contributed by atoms with E-state index in [1.807, 2.05) is 38.9 Å². The molecule has 0 aromatic carbocycles. The predicted molar refractivity (Wildman–Crippen MR) is 117 cm³/mol. The highest BCUT2D eigenvalue weighted by Gasteiger charge is 2.26. The number of H-pyrrole nitrogens is 1. The molecule has 31 heavy (non-hydrogen) atoms. The van der Waals surface area contributed by atoms with E-state index in [0.29, 0.717) is 42.2 Å². The van der Waals surface area contributed by atoms with Gasteiger partial charge in [-0.15, -0.1) is 0 Å². The number of nitrogens with one attached hydrogen (secondary N) is 1. The number of nitrogens with zero attached hydrogens (tertiary/aromatic N) is 7. The molecule has 10 nitrogen and oxygen atoms in total. The van der Waals surface area contributed by atoms with Crippen LogP contribution in [-0.2, 0) is 11.3 Å². The van der Waals surface area contributed by atoms with Gasteiger partial charge in [-0.1, -0.05) is 0 Å². The van der Waals surface area contributed by atoms with Crippen molar-refractivity contribution in [2.45, 2.75) is 45.6 Å². The molecular formula is C21H28N8O2. The number of pyridine rings is 1. The highest BCUT2D eigenvalue weighted by Crippen LogP contribution is 2.27. The number of likely N-dealkylation sites (tertiary alicyclic amines) is 1. The van der Waals surface area contributed by atoms with E-state index < -0.39 is 0 Å². The third kappa shape index (κ3) is 4.42. The topological polar surface area (TPSA) is 113 Å². The van der Waals surface area contributed by atoms with Crippen LogP contribution in [0.4, 0.5) is 5.95 Å². The predicted octanol–water partition coefficient (Wildman–Crippen LogP) is 1.39. The number of aromatic nitrogens is 6. The average molecular weight is 425 g/mol. The third-order valence-electron chi connectivity index (χ3n) is 5.71. The van der Waals surface area contributed by atoms with E-state index in [0.717, 1.165) is 30.9 Å². The van der Waals surface area contributed by atoms with E-state index in [-0.39, 0.29) is 17.4 Å². The smallest absolute Gasteiger partial charge is 0.259 e. The maximum absolute atomic E-state index is 12.8. The quantitative estimate of drug-likeness (QED) is 0.658. The molecule has 1 saturated heterocycles. The molecule has 1 aliphatic heterocycles. The molecule has 1 atom stereocenters. The number of fused-ring (bicyclic) bond motifs is 1. The van der Waals surface area contributed by atoms with Crippen molar-refractivity contribution < 1.29 is 4.79 Å². The summed E-state index contributed by atoms with van der Waals surface area (Å²) in [6.07, 6.45) is 3.75. The summed E-state index contributed by atoms with van der Waals surface area (Å²) in [7, 11) is 3.73. The lowest BCUT2D eigenvalue weighted by Crippen LogP contribution is -2.40. The van der Waals surface area contributed by atoms with Gasteiger partial charge in [0, 0.05) is 51.4 Å². The van der Waals surface area contributed by atoms with Gasteiger partial charge in [0.25, 0.3) is 5.56 Å². The van der Waals surface area contributed by atoms with Crippen molar-refractivity contribution in [3.05, 3.63) is 40.0 Å². The van der Waals surface area contributed by atoms with E-state index in [2.05, 4.69) is 25.0 Å². The van der Waals surface area contributed by atoms with Gasteiger partial charge in [-0.3, -0.25) is 9.59 Å². The van der Waals surface area contributed by atoms with E-state index >= 15 is 0 Å². The Kier molecular flexibility index (Phi) is 5.71. The molecule has 1 amide bonds. The summed E-state index contributed by atoms with van der Waals surface area (Å²) in [6.45, 7) is 5.57. The fourth-order valence-electron chi connectivity index (χ4n) is 4.08. The monoisotopic (exact) mass is 424 g/mol. The van der Waals surface area contributed by atoms with Gasteiger partial charge < -0.3 is 14.8 Å². The number of aryl methyl sites for hydroxylation is 3. The Balaban J connectivity index is 1.50. The lowest BCUT2D eigenvalue weighted by molar-refractivity contribution is -0.132. The first kappa shape index (κ1) is 21.0. The minimum absolute atomic E-state index is 0.0721. The summed E-state index contributed by atoms with van der Waals surface area (Å²) < 4.78 is 1.78. The number of amides is 1. The standard InChI is InChI=1S/C21H28N8O2/c1-13-23-14(2)29(26-13)9-7-19(30)28-8-5-6-15(12-28)17-10-18-16(20(31)24-17)11-22-21(25-18)27(3)4/h10-11,15H,5-9,12H2,1-4H3,(H,24,31). The van der Waals surface area contributed by atoms with Crippen LogP contribution in [0.25, 0.3) is 10.9 Å². The first-order chi connectivity index (χ1) is 14.8. The van der Waals surface area contributed by atoms with Gasteiger partial charge in [0.15, 0.2) is 0 Å². The van der Waals surface area contributed by atoms with Crippen LogP contribution in [0.3, 0.4) is 0 Å². The molecule has 164 valence electrons. The molecular weight excluding hydrogens is 396 g/mol. The van der Waals surface area contributed by atoms with Gasteiger partial charge in [0.1, 0.15) is 11.6 Å². The number of rotatable bonds is 5. The zero-order valence-corrected chi connectivity index (χ0v) is 18.4. The summed E-state index contributed by atoms with van der Waals surface area (Å²) in [5.74, 6) is 2.25. The summed E-state index contributed by atoms with van der Waals surface area (Å²) in [5.41, 5.74) is 1.25. The molecule has 0 bridgehead atoms. The Hall–Kier alpha value is -3.30. The minimum Gasteiger partial charge on any atom is -0.347 e. The van der Waals surface area contributed by atoms with Crippen molar-refractivity contribution in [1.82, 2.24) is 34.6 Å². The lowest BCUT2D eigenvalue weighted by Gasteiger charge is -2.33. The van der Waals surface area contributed by atoms with Crippen LogP contribution < -0.4 is 10.5 Å². The highest BCUT2D eigenvalue weighted by molar-refractivity contribution is 5.78. The Morgan fingerprint density at radius 1 is 1.29 bits per heavy atom. The maximum atomic E-state index is 12.8. The fraction of sp³-hybridized carbons (Fsp3) is 0.524. The normalized spacial score (nSPS) is 16.6. The average Bonchev–Trinajstić information content (AvgIpc) is 3.08. The summed E-state index contributed by atoms with van der Waals surface area (Å²) in [6, 6.07) is 1.92. The Labute approximate surface area is 180 Å². The zero-order valence-electron chi connectivity index (χ0n) is 18.4. The molecule has 4 rings (SSSR count). The van der Waals surface area contributed by atoms with Crippen LogP contribution in [-0.4, -0.2) is 67.7 Å². The number of hydrogen-bond acceptors (Lipinski definition) is 7. The summed E-state index contributed by atoms with van der Waals surface area (Å²) in [4.78, 5) is 45.1. The van der Waals surface area contributed by atoms with Crippen LogP contribution >= 0.6 is 0 Å². The molecule has 0 aliphatic carbocycles. The van der Waals surface area contributed by atoms with E-state index in [9.17, 15) is 9.59 Å². The van der Waals surface area contributed by atoms with E-state index in [1.54, 1.807) is 15.8 Å². The molecule has 3 aromatic rings. The maximum Gasteiger partial charge on any atom is 0.259 e. The molecule has 1 fully saturated rings. The van der Waals surface area contributed by atoms with Gasteiger partial charge in [0.05, 0.1) is 17.4 Å².